The van der Waals surface area contributed by atoms with Crippen molar-refractivity contribution >= 4 is 40.9 Å². The maximum atomic E-state index is 12.7. The van der Waals surface area contributed by atoms with Crippen molar-refractivity contribution in [2.75, 3.05) is 10.6 Å². The van der Waals surface area contributed by atoms with Crippen molar-refractivity contribution in [2.24, 2.45) is 0 Å². The quantitative estimate of drug-likeness (QED) is 0.541. The number of ether oxygens (including phenoxy) is 1. The summed E-state index contributed by atoms with van der Waals surface area (Å²) in [7, 11) is 0. The number of carbonyl (C=O) groups is 3. The van der Waals surface area contributed by atoms with E-state index in [0.29, 0.717) is 11.4 Å². The second kappa shape index (κ2) is 9.28. The highest BCUT2D eigenvalue weighted by Crippen LogP contribution is 2.36. The van der Waals surface area contributed by atoms with Crippen LogP contribution in [0, 0.1) is 0 Å². The fourth-order valence-corrected chi connectivity index (χ4v) is 4.24. The first-order chi connectivity index (χ1) is 15.4. The maximum absolute atomic E-state index is 12.7. The fourth-order valence-electron chi connectivity index (χ4n) is 3.31. The normalized spacial score (nSPS) is 15.8. The fraction of sp³-hybridized carbons (Fsp3) is 0.160. The Bertz CT molecular complexity index is 1180. The highest BCUT2D eigenvalue weighted by Gasteiger charge is 2.25. The van der Waals surface area contributed by atoms with Gasteiger partial charge in [-0.25, -0.2) is 4.79 Å². The minimum absolute atomic E-state index is 0.113. The van der Waals surface area contributed by atoms with Gasteiger partial charge in [0.05, 0.1) is 16.5 Å². The van der Waals surface area contributed by atoms with E-state index in [1.165, 1.54) is 18.7 Å². The molecular weight excluding hydrogens is 424 g/mol. The Morgan fingerprint density at radius 2 is 1.75 bits per heavy atom. The number of hydrogen-bond acceptors (Lipinski definition) is 5. The number of carbonyl (C=O) groups excluding carboxylic acids is 3. The predicted molar refractivity (Wildman–Crippen MR) is 126 cm³/mol. The molecule has 0 unspecified atom stereocenters. The van der Waals surface area contributed by atoms with Crippen LogP contribution in [0.1, 0.15) is 24.2 Å². The van der Waals surface area contributed by atoms with Gasteiger partial charge in [0.1, 0.15) is 0 Å². The number of rotatable bonds is 5. The Morgan fingerprint density at radius 1 is 1.03 bits per heavy atom. The SMILES string of the molecule is C[C@@H](OC(=O)c1ccc2c(c1)NC(=O)[C@@H](C)S2)C(=O)Nc1ccccc1-c1ccccc1. The molecule has 1 aliphatic rings. The molecule has 0 saturated carbocycles. The van der Waals surface area contributed by atoms with Crippen LogP contribution >= 0.6 is 11.8 Å². The number of benzene rings is 3. The summed E-state index contributed by atoms with van der Waals surface area (Å²) in [6.45, 7) is 3.34. The summed E-state index contributed by atoms with van der Waals surface area (Å²) in [6, 6.07) is 22.1. The van der Waals surface area contributed by atoms with Crippen molar-refractivity contribution in [3.05, 3.63) is 78.4 Å². The summed E-state index contributed by atoms with van der Waals surface area (Å²) in [6.07, 6.45) is -1.01. The van der Waals surface area contributed by atoms with Crippen LogP contribution in [0.2, 0.25) is 0 Å². The van der Waals surface area contributed by atoms with E-state index in [0.717, 1.165) is 16.0 Å². The molecule has 7 heteroatoms. The van der Waals surface area contributed by atoms with Crippen LogP contribution in [-0.4, -0.2) is 29.1 Å². The molecule has 4 rings (SSSR count). The summed E-state index contributed by atoms with van der Waals surface area (Å²) in [5, 5.41) is 5.45. The van der Waals surface area contributed by atoms with Crippen LogP contribution in [0.5, 0.6) is 0 Å². The Hall–Kier alpha value is -3.58. The molecule has 0 fully saturated rings. The standard InChI is InChI=1S/C25H22N2O4S/c1-15(23(28)26-20-11-7-6-10-19(20)17-8-4-3-5-9-17)31-25(30)18-12-13-22-21(14-18)27-24(29)16(2)32-22/h3-16H,1-2H3,(H,26,28)(H,27,29)/t15-,16-/m1/s1. The molecule has 162 valence electrons. The summed E-state index contributed by atoms with van der Waals surface area (Å²) in [5.41, 5.74) is 3.31. The van der Waals surface area contributed by atoms with Gasteiger partial charge in [0.25, 0.3) is 5.91 Å². The van der Waals surface area contributed by atoms with Crippen LogP contribution in [0.4, 0.5) is 11.4 Å². The zero-order chi connectivity index (χ0) is 22.7. The molecular formula is C25H22N2O4S. The predicted octanol–water partition coefficient (Wildman–Crippen LogP) is 4.97. The highest BCUT2D eigenvalue weighted by molar-refractivity contribution is 8.00. The number of fused-ring (bicyclic) bond motifs is 1. The molecule has 1 heterocycles. The minimum Gasteiger partial charge on any atom is -0.449 e. The van der Waals surface area contributed by atoms with E-state index in [4.69, 9.17) is 4.74 Å². The van der Waals surface area contributed by atoms with E-state index < -0.39 is 18.0 Å². The molecule has 3 aromatic carbocycles. The summed E-state index contributed by atoms with van der Waals surface area (Å²) >= 11 is 1.43. The number of para-hydroxylation sites is 1. The molecule has 6 nitrogen and oxygen atoms in total. The van der Waals surface area contributed by atoms with Gasteiger partial charge in [0.2, 0.25) is 5.91 Å². The van der Waals surface area contributed by atoms with Gasteiger partial charge in [-0.2, -0.15) is 0 Å². The minimum atomic E-state index is -1.01. The van der Waals surface area contributed by atoms with Crippen LogP contribution in [0.15, 0.2) is 77.7 Å². The third kappa shape index (κ3) is 4.68. The van der Waals surface area contributed by atoms with Gasteiger partial charge >= 0.3 is 5.97 Å². The molecule has 2 atom stereocenters. The van der Waals surface area contributed by atoms with Gasteiger partial charge in [-0.15, -0.1) is 11.8 Å². The smallest absolute Gasteiger partial charge is 0.338 e. The lowest BCUT2D eigenvalue weighted by atomic mass is 10.0. The average molecular weight is 447 g/mol. The van der Waals surface area contributed by atoms with E-state index in [1.807, 2.05) is 55.5 Å². The number of thioether (sulfide) groups is 1. The zero-order valence-corrected chi connectivity index (χ0v) is 18.4. The van der Waals surface area contributed by atoms with Crippen molar-refractivity contribution in [1.82, 2.24) is 0 Å². The molecule has 0 aromatic heterocycles. The van der Waals surface area contributed by atoms with Gasteiger partial charge < -0.3 is 15.4 Å². The van der Waals surface area contributed by atoms with E-state index >= 15 is 0 Å². The van der Waals surface area contributed by atoms with E-state index in [9.17, 15) is 14.4 Å². The molecule has 1 aliphatic heterocycles. The highest BCUT2D eigenvalue weighted by atomic mass is 32.2. The largest absolute Gasteiger partial charge is 0.449 e. The molecule has 2 amide bonds. The lowest BCUT2D eigenvalue weighted by molar-refractivity contribution is -0.123. The number of esters is 1. The van der Waals surface area contributed by atoms with Gasteiger partial charge in [0, 0.05) is 16.1 Å². The summed E-state index contributed by atoms with van der Waals surface area (Å²) < 4.78 is 5.38. The first-order valence-electron chi connectivity index (χ1n) is 10.2. The Morgan fingerprint density at radius 3 is 2.53 bits per heavy atom. The van der Waals surface area contributed by atoms with Gasteiger partial charge in [-0.3, -0.25) is 9.59 Å². The van der Waals surface area contributed by atoms with E-state index in [1.54, 1.807) is 24.3 Å². The molecule has 0 radical (unpaired) electrons. The van der Waals surface area contributed by atoms with Gasteiger partial charge in [0.15, 0.2) is 6.10 Å². The first-order valence-corrected chi connectivity index (χ1v) is 11.1. The van der Waals surface area contributed by atoms with Crippen molar-refractivity contribution in [1.29, 1.82) is 0 Å². The topological polar surface area (TPSA) is 84.5 Å². The number of nitrogens with one attached hydrogen (secondary N) is 2. The van der Waals surface area contributed by atoms with E-state index in [-0.39, 0.29) is 16.7 Å². The van der Waals surface area contributed by atoms with Gasteiger partial charge in [-0.05, 0) is 43.7 Å². The second-order valence-corrected chi connectivity index (χ2v) is 8.79. The number of hydrogen-bond donors (Lipinski definition) is 2. The van der Waals surface area contributed by atoms with Crippen molar-refractivity contribution in [3.63, 3.8) is 0 Å². The Balaban J connectivity index is 1.44. The lowest BCUT2D eigenvalue weighted by Gasteiger charge is -2.22. The van der Waals surface area contributed by atoms with Crippen LogP contribution in [0.25, 0.3) is 11.1 Å². The monoisotopic (exact) mass is 446 g/mol. The Kier molecular flexibility index (Phi) is 6.28. The molecule has 0 spiro atoms. The van der Waals surface area contributed by atoms with Gasteiger partial charge in [-0.1, -0.05) is 48.5 Å². The third-order valence-corrected chi connectivity index (χ3v) is 6.25. The molecule has 0 bridgehead atoms. The molecule has 32 heavy (non-hydrogen) atoms. The lowest BCUT2D eigenvalue weighted by Crippen LogP contribution is -2.30. The summed E-state index contributed by atoms with van der Waals surface area (Å²) in [5.74, 6) is -1.18. The maximum Gasteiger partial charge on any atom is 0.338 e. The van der Waals surface area contributed by atoms with Crippen molar-refractivity contribution < 1.29 is 19.1 Å². The average Bonchev–Trinajstić information content (AvgIpc) is 2.80. The second-order valence-electron chi connectivity index (χ2n) is 7.41. The molecule has 0 aliphatic carbocycles. The van der Waals surface area contributed by atoms with Crippen LogP contribution < -0.4 is 10.6 Å². The number of amides is 2. The van der Waals surface area contributed by atoms with Crippen LogP contribution in [-0.2, 0) is 14.3 Å². The third-order valence-electron chi connectivity index (χ3n) is 5.07. The van der Waals surface area contributed by atoms with Crippen LogP contribution in [0.3, 0.4) is 0 Å². The van der Waals surface area contributed by atoms with E-state index in [2.05, 4.69) is 10.6 Å². The first kappa shape index (κ1) is 21.6. The molecule has 3 aromatic rings. The number of anilines is 2. The molecule has 0 saturated heterocycles. The van der Waals surface area contributed by atoms with Crippen molar-refractivity contribution in [2.45, 2.75) is 30.1 Å². The Labute approximate surface area is 190 Å². The molecule has 2 N–H and O–H groups in total. The zero-order valence-electron chi connectivity index (χ0n) is 17.6. The summed E-state index contributed by atoms with van der Waals surface area (Å²) in [4.78, 5) is 38.1. The van der Waals surface area contributed by atoms with Crippen molar-refractivity contribution in [3.8, 4) is 11.1 Å².